The lowest BCUT2D eigenvalue weighted by atomic mass is 9.61. The Morgan fingerprint density at radius 1 is 1.22 bits per heavy atom. The molecule has 0 spiro atoms. The summed E-state index contributed by atoms with van der Waals surface area (Å²) in [5.74, 6) is -1.52. The van der Waals surface area contributed by atoms with E-state index in [0.717, 1.165) is 10.0 Å². The lowest BCUT2D eigenvalue weighted by Crippen LogP contribution is -2.53. The predicted octanol–water partition coefficient (Wildman–Crippen LogP) is 5.44. The molecule has 4 unspecified atom stereocenters. The van der Waals surface area contributed by atoms with Crippen LogP contribution in [0.5, 0.6) is 0 Å². The minimum absolute atomic E-state index is 0.0326. The summed E-state index contributed by atoms with van der Waals surface area (Å²) in [6.07, 6.45) is 0. The Bertz CT molecular complexity index is 1070. The maximum atomic E-state index is 13.0. The van der Waals surface area contributed by atoms with Crippen LogP contribution in [-0.4, -0.2) is 35.2 Å². The van der Waals surface area contributed by atoms with Crippen LogP contribution in [0.25, 0.3) is 0 Å². The second-order valence-corrected chi connectivity index (χ2v) is 9.87. The summed E-state index contributed by atoms with van der Waals surface area (Å²) < 4.78 is 6.21. The fourth-order valence-corrected chi connectivity index (χ4v) is 5.95. The van der Waals surface area contributed by atoms with Gasteiger partial charge in [0.1, 0.15) is 11.3 Å². The number of carbonyl (C=O) groups excluding carboxylic acids is 2. The number of aliphatic imine (C=N–C) groups is 1. The molecule has 1 heterocycles. The number of ether oxygens (including phenoxy) is 1. The smallest absolute Gasteiger partial charge is 0.315 e. The topological polar surface area (TPSA) is 79.5 Å². The predicted molar refractivity (Wildman–Crippen MR) is 131 cm³/mol. The number of thioether (sulfide) groups is 1. The maximum Gasteiger partial charge on any atom is 0.315 e. The van der Waals surface area contributed by atoms with Crippen LogP contribution < -0.4 is 0 Å². The summed E-state index contributed by atoms with van der Waals surface area (Å²) in [4.78, 5) is 30.4. The molecule has 0 amide bonds. The Morgan fingerprint density at radius 2 is 1.94 bits per heavy atom. The molecule has 4 atom stereocenters. The summed E-state index contributed by atoms with van der Waals surface area (Å²) in [7, 11) is 0. The molecule has 0 saturated heterocycles. The van der Waals surface area contributed by atoms with Gasteiger partial charge in [0.05, 0.1) is 24.3 Å². The Balaban J connectivity index is 1.97. The molecule has 32 heavy (non-hydrogen) atoms. The van der Waals surface area contributed by atoms with E-state index in [2.05, 4.69) is 22.0 Å². The summed E-state index contributed by atoms with van der Waals surface area (Å²) in [5.41, 5.74) is 1.26. The highest BCUT2D eigenvalue weighted by Gasteiger charge is 2.54. The van der Waals surface area contributed by atoms with E-state index in [4.69, 9.17) is 9.73 Å². The van der Waals surface area contributed by atoms with Gasteiger partial charge in [-0.15, -0.1) is 11.8 Å². The van der Waals surface area contributed by atoms with Gasteiger partial charge >= 0.3 is 5.97 Å². The number of benzene rings is 2. The molecule has 5 nitrogen and oxygen atoms in total. The first-order valence-electron chi connectivity index (χ1n) is 10.4. The van der Waals surface area contributed by atoms with Crippen LogP contribution in [0, 0.1) is 23.2 Å². The van der Waals surface area contributed by atoms with Crippen LogP contribution in [0.2, 0.25) is 0 Å². The SMILES string of the molecule is CCOC(=O)C1C(C)=NC(SCC(=O)c2cccc(Br)c2)C(C#N)C1(C)c1ccccc1. The van der Waals surface area contributed by atoms with Gasteiger partial charge in [0.2, 0.25) is 0 Å². The lowest BCUT2D eigenvalue weighted by Gasteiger charge is -2.45. The standard InChI is InChI=1S/C25H25BrN2O3S/c1-4-31-24(30)22-16(2)28-23(32-15-21(29)17-9-8-12-19(26)13-17)20(14-27)25(22,3)18-10-6-5-7-11-18/h5-13,20,22-23H,4,15H2,1-3H3. The molecule has 2 aromatic rings. The number of hydrogen-bond acceptors (Lipinski definition) is 6. The number of esters is 1. The second kappa shape index (κ2) is 10.5. The Labute approximate surface area is 201 Å². The highest BCUT2D eigenvalue weighted by Crippen LogP contribution is 2.48. The van der Waals surface area contributed by atoms with E-state index in [1.54, 1.807) is 26.0 Å². The van der Waals surface area contributed by atoms with E-state index >= 15 is 0 Å². The lowest BCUT2D eigenvalue weighted by molar-refractivity contribution is -0.148. The fraction of sp³-hybridized carbons (Fsp3) is 0.360. The summed E-state index contributed by atoms with van der Waals surface area (Å²) in [6, 6.07) is 19.2. The van der Waals surface area contributed by atoms with Crippen molar-refractivity contribution in [3.63, 3.8) is 0 Å². The maximum absolute atomic E-state index is 13.0. The van der Waals surface area contributed by atoms with E-state index < -0.39 is 22.6 Å². The van der Waals surface area contributed by atoms with Gasteiger partial charge in [-0.25, -0.2) is 0 Å². The van der Waals surface area contributed by atoms with Gasteiger partial charge in [0, 0.05) is 21.2 Å². The minimum atomic E-state index is -0.843. The first-order chi connectivity index (χ1) is 15.3. The van der Waals surface area contributed by atoms with Crippen LogP contribution >= 0.6 is 27.7 Å². The van der Waals surface area contributed by atoms with E-state index in [1.165, 1.54) is 11.8 Å². The van der Waals surface area contributed by atoms with Gasteiger partial charge in [-0.2, -0.15) is 5.26 Å². The third-order valence-electron chi connectivity index (χ3n) is 5.87. The molecule has 0 N–H and O–H groups in total. The monoisotopic (exact) mass is 512 g/mol. The number of hydrogen-bond donors (Lipinski definition) is 0. The van der Waals surface area contributed by atoms with E-state index in [-0.39, 0.29) is 24.1 Å². The summed E-state index contributed by atoms with van der Waals surface area (Å²) >= 11 is 4.73. The molecule has 1 aliphatic rings. The van der Waals surface area contributed by atoms with E-state index in [1.807, 2.05) is 49.4 Å². The van der Waals surface area contributed by atoms with Gasteiger partial charge in [-0.3, -0.25) is 14.6 Å². The minimum Gasteiger partial charge on any atom is -0.465 e. The van der Waals surface area contributed by atoms with Crippen molar-refractivity contribution in [1.82, 2.24) is 0 Å². The first-order valence-corrected chi connectivity index (χ1v) is 12.2. The second-order valence-electron chi connectivity index (χ2n) is 7.85. The fourth-order valence-electron chi connectivity index (χ4n) is 4.28. The summed E-state index contributed by atoms with van der Waals surface area (Å²) in [5, 5.41) is 9.74. The molecule has 0 fully saturated rings. The van der Waals surface area contributed by atoms with Crippen LogP contribution in [0.15, 0.2) is 64.1 Å². The van der Waals surface area contributed by atoms with E-state index in [0.29, 0.717) is 11.3 Å². The number of nitrogens with zero attached hydrogens (tertiary/aromatic N) is 2. The van der Waals surface area contributed by atoms with Gasteiger partial charge in [-0.1, -0.05) is 65.3 Å². The highest BCUT2D eigenvalue weighted by atomic mass is 79.9. The van der Waals surface area contributed by atoms with Crippen molar-refractivity contribution in [2.24, 2.45) is 16.8 Å². The molecule has 166 valence electrons. The molecule has 0 saturated carbocycles. The average molecular weight is 513 g/mol. The number of ketones is 1. The van der Waals surface area contributed by atoms with Crippen LogP contribution in [0.1, 0.15) is 36.7 Å². The Kier molecular flexibility index (Phi) is 7.91. The van der Waals surface area contributed by atoms with Crippen molar-refractivity contribution < 1.29 is 14.3 Å². The molecule has 1 aliphatic heterocycles. The average Bonchev–Trinajstić information content (AvgIpc) is 2.78. The van der Waals surface area contributed by atoms with Crippen molar-refractivity contribution in [3.8, 4) is 6.07 Å². The third kappa shape index (κ3) is 4.82. The van der Waals surface area contributed by atoms with Crippen LogP contribution in [-0.2, 0) is 14.9 Å². The molecular formula is C25H25BrN2O3S. The van der Waals surface area contributed by atoms with Crippen molar-refractivity contribution >= 4 is 45.2 Å². The normalized spacial score (nSPS) is 24.8. The first kappa shape index (κ1) is 24.2. The number of carbonyl (C=O) groups is 2. The van der Waals surface area contributed by atoms with Crippen molar-refractivity contribution in [2.75, 3.05) is 12.4 Å². The van der Waals surface area contributed by atoms with Gasteiger partial charge in [0.15, 0.2) is 5.78 Å². The molecule has 0 bridgehead atoms. The molecular weight excluding hydrogens is 488 g/mol. The molecule has 7 heteroatoms. The van der Waals surface area contributed by atoms with Crippen molar-refractivity contribution in [1.29, 1.82) is 5.26 Å². The third-order valence-corrected chi connectivity index (χ3v) is 7.51. The number of nitriles is 1. The Morgan fingerprint density at radius 3 is 2.56 bits per heavy atom. The molecule has 2 aromatic carbocycles. The van der Waals surface area contributed by atoms with Crippen LogP contribution in [0.4, 0.5) is 0 Å². The van der Waals surface area contributed by atoms with Gasteiger partial charge < -0.3 is 4.74 Å². The van der Waals surface area contributed by atoms with Crippen molar-refractivity contribution in [2.45, 2.75) is 31.6 Å². The Hall–Kier alpha value is -2.43. The molecule has 0 radical (unpaired) electrons. The number of Topliss-reactive ketones (excluding diaryl/α,β-unsaturated/α-hetero) is 1. The van der Waals surface area contributed by atoms with Crippen molar-refractivity contribution in [3.05, 3.63) is 70.2 Å². The summed E-state index contributed by atoms with van der Waals surface area (Å²) in [6.45, 7) is 5.75. The largest absolute Gasteiger partial charge is 0.465 e. The zero-order valence-corrected chi connectivity index (χ0v) is 20.7. The molecule has 0 aromatic heterocycles. The number of halogens is 1. The van der Waals surface area contributed by atoms with Crippen LogP contribution in [0.3, 0.4) is 0 Å². The van der Waals surface area contributed by atoms with Gasteiger partial charge in [0.25, 0.3) is 0 Å². The zero-order chi connectivity index (χ0) is 23.3. The highest BCUT2D eigenvalue weighted by molar-refractivity contribution is 9.10. The van der Waals surface area contributed by atoms with Gasteiger partial charge in [-0.05, 0) is 31.5 Å². The number of rotatable bonds is 7. The quantitative estimate of drug-likeness (QED) is 0.364. The molecule has 3 rings (SSSR count). The molecule has 0 aliphatic carbocycles. The van der Waals surface area contributed by atoms with E-state index in [9.17, 15) is 14.9 Å². The zero-order valence-electron chi connectivity index (χ0n) is 18.2.